The molecule has 0 aromatic carbocycles. The summed E-state index contributed by atoms with van der Waals surface area (Å²) in [6.45, 7) is 13.8. The molecule has 0 aliphatic heterocycles. The third kappa shape index (κ3) is 5.12. The second-order valence-electron chi connectivity index (χ2n) is 5.52. The van der Waals surface area contributed by atoms with Gasteiger partial charge in [-0.1, -0.05) is 43.4 Å². The molecule has 0 amide bonds. The molecular formula is C11H25IOSi. The Balaban J connectivity index is 4.08. The Hall–Kier alpha value is 0.907. The van der Waals surface area contributed by atoms with Crippen LogP contribution in [0.25, 0.3) is 0 Å². The Morgan fingerprint density at radius 1 is 1.29 bits per heavy atom. The van der Waals surface area contributed by atoms with E-state index in [4.69, 9.17) is 4.43 Å². The molecule has 0 spiro atoms. The molecule has 0 fully saturated rings. The summed E-state index contributed by atoms with van der Waals surface area (Å²) in [6.07, 6.45) is 2.91. The number of alkyl halides is 1. The van der Waals surface area contributed by atoms with E-state index in [9.17, 15) is 0 Å². The van der Waals surface area contributed by atoms with Gasteiger partial charge in [0.25, 0.3) is 0 Å². The third-order valence-electron chi connectivity index (χ3n) is 3.05. The van der Waals surface area contributed by atoms with Gasteiger partial charge in [0.1, 0.15) is 0 Å². The molecule has 0 saturated heterocycles. The molecule has 0 N–H and O–H groups in total. The van der Waals surface area contributed by atoms with Crippen molar-refractivity contribution in [1.29, 1.82) is 0 Å². The number of rotatable bonds is 5. The summed E-state index contributed by atoms with van der Waals surface area (Å²) in [6, 6.07) is 0. The topological polar surface area (TPSA) is 9.23 Å². The Kier molecular flexibility index (Phi) is 6.22. The van der Waals surface area contributed by atoms with E-state index < -0.39 is 8.32 Å². The number of hydrogen-bond acceptors (Lipinski definition) is 1. The molecule has 3 heteroatoms. The van der Waals surface area contributed by atoms with Gasteiger partial charge in [0, 0.05) is 6.10 Å². The van der Waals surface area contributed by atoms with E-state index in [2.05, 4.69) is 63.4 Å². The molecule has 0 aromatic rings. The Morgan fingerprint density at radius 3 is 2.14 bits per heavy atom. The lowest BCUT2D eigenvalue weighted by atomic mass is 10.2. The van der Waals surface area contributed by atoms with E-state index >= 15 is 0 Å². The molecule has 0 aliphatic carbocycles. The standard InChI is InChI=1S/C11H25IOSi/c1-10(8-7-9-12)13-14(5,6)11(2,3)4/h10H,7-9H2,1-6H3/t10-/m1/s1. The van der Waals surface area contributed by atoms with Crippen LogP contribution in [0.2, 0.25) is 18.1 Å². The van der Waals surface area contributed by atoms with Crippen molar-refractivity contribution in [3.63, 3.8) is 0 Å². The Morgan fingerprint density at radius 2 is 1.79 bits per heavy atom. The molecule has 0 radical (unpaired) electrons. The normalized spacial score (nSPS) is 15.6. The van der Waals surface area contributed by atoms with Crippen LogP contribution < -0.4 is 0 Å². The van der Waals surface area contributed by atoms with Crippen LogP contribution in [0.4, 0.5) is 0 Å². The maximum Gasteiger partial charge on any atom is 0.192 e. The lowest BCUT2D eigenvalue weighted by Crippen LogP contribution is -2.43. The van der Waals surface area contributed by atoms with Crippen molar-refractivity contribution in [2.75, 3.05) is 4.43 Å². The van der Waals surface area contributed by atoms with E-state index in [1.54, 1.807) is 0 Å². The maximum absolute atomic E-state index is 6.24. The molecule has 1 atom stereocenters. The summed E-state index contributed by atoms with van der Waals surface area (Å²) in [5.41, 5.74) is 0. The summed E-state index contributed by atoms with van der Waals surface area (Å²) in [5.74, 6) is 0. The predicted octanol–water partition coefficient (Wildman–Crippen LogP) is 4.61. The van der Waals surface area contributed by atoms with Crippen molar-refractivity contribution in [1.82, 2.24) is 0 Å². The van der Waals surface area contributed by atoms with Gasteiger partial charge in [0.15, 0.2) is 8.32 Å². The van der Waals surface area contributed by atoms with Crippen LogP contribution in [-0.4, -0.2) is 18.8 Å². The summed E-state index contributed by atoms with van der Waals surface area (Å²) in [5, 5.41) is 0.339. The predicted molar refractivity (Wildman–Crippen MR) is 75.9 cm³/mol. The minimum atomic E-state index is -1.52. The van der Waals surface area contributed by atoms with Crippen molar-refractivity contribution in [3.05, 3.63) is 0 Å². The fraction of sp³-hybridized carbons (Fsp3) is 1.00. The summed E-state index contributed by atoms with van der Waals surface area (Å²) >= 11 is 2.43. The summed E-state index contributed by atoms with van der Waals surface area (Å²) in [4.78, 5) is 0. The van der Waals surface area contributed by atoms with Crippen LogP contribution in [-0.2, 0) is 4.43 Å². The van der Waals surface area contributed by atoms with E-state index in [1.807, 2.05) is 0 Å². The zero-order chi connectivity index (χ0) is 11.4. The van der Waals surface area contributed by atoms with E-state index in [0.717, 1.165) is 0 Å². The molecule has 0 rings (SSSR count). The quantitative estimate of drug-likeness (QED) is 0.407. The first-order valence-electron chi connectivity index (χ1n) is 5.44. The average Bonchev–Trinajstić information content (AvgIpc) is 1.97. The number of hydrogen-bond donors (Lipinski definition) is 0. The maximum atomic E-state index is 6.24. The van der Waals surface area contributed by atoms with Crippen LogP contribution in [0.3, 0.4) is 0 Å². The second-order valence-corrected chi connectivity index (χ2v) is 11.4. The zero-order valence-corrected chi connectivity index (χ0v) is 13.6. The highest BCUT2D eigenvalue weighted by molar-refractivity contribution is 14.1. The first-order valence-corrected chi connectivity index (χ1v) is 9.88. The van der Waals surface area contributed by atoms with Crippen molar-refractivity contribution >= 4 is 30.9 Å². The van der Waals surface area contributed by atoms with Gasteiger partial charge in [0.2, 0.25) is 0 Å². The lowest BCUT2D eigenvalue weighted by molar-refractivity contribution is 0.189. The molecular weight excluding hydrogens is 303 g/mol. The van der Waals surface area contributed by atoms with Gasteiger partial charge in [-0.05, 0) is 42.3 Å². The second kappa shape index (κ2) is 5.85. The SMILES string of the molecule is C[C@H](CCCI)O[Si](C)(C)C(C)(C)C. The Bertz CT molecular complexity index is 163. The molecule has 0 heterocycles. The van der Waals surface area contributed by atoms with Gasteiger partial charge in [-0.3, -0.25) is 0 Å². The molecule has 0 aliphatic rings. The molecule has 14 heavy (non-hydrogen) atoms. The molecule has 0 unspecified atom stereocenters. The molecule has 0 bridgehead atoms. The average molecular weight is 328 g/mol. The van der Waals surface area contributed by atoms with Crippen LogP contribution in [0.1, 0.15) is 40.5 Å². The fourth-order valence-electron chi connectivity index (χ4n) is 1.10. The first-order chi connectivity index (χ1) is 6.20. The highest BCUT2D eigenvalue weighted by Gasteiger charge is 2.38. The lowest BCUT2D eigenvalue weighted by Gasteiger charge is -2.38. The third-order valence-corrected chi connectivity index (χ3v) is 8.41. The van der Waals surface area contributed by atoms with Crippen molar-refractivity contribution in [3.8, 4) is 0 Å². The smallest absolute Gasteiger partial charge is 0.192 e. The highest BCUT2D eigenvalue weighted by Crippen LogP contribution is 2.37. The zero-order valence-electron chi connectivity index (χ0n) is 10.5. The van der Waals surface area contributed by atoms with E-state index in [0.29, 0.717) is 11.1 Å². The van der Waals surface area contributed by atoms with E-state index in [1.165, 1.54) is 17.3 Å². The minimum Gasteiger partial charge on any atom is -0.414 e. The summed E-state index contributed by atoms with van der Waals surface area (Å²) < 4.78 is 7.48. The van der Waals surface area contributed by atoms with Crippen molar-refractivity contribution in [2.24, 2.45) is 0 Å². The van der Waals surface area contributed by atoms with Crippen molar-refractivity contribution < 1.29 is 4.43 Å². The van der Waals surface area contributed by atoms with Crippen LogP contribution in [0.15, 0.2) is 0 Å². The van der Waals surface area contributed by atoms with Crippen LogP contribution >= 0.6 is 22.6 Å². The van der Waals surface area contributed by atoms with Gasteiger partial charge in [-0.2, -0.15) is 0 Å². The first kappa shape index (κ1) is 14.9. The molecule has 0 aromatic heterocycles. The fourth-order valence-corrected chi connectivity index (χ4v) is 3.02. The van der Waals surface area contributed by atoms with Gasteiger partial charge in [-0.25, -0.2) is 0 Å². The van der Waals surface area contributed by atoms with Crippen LogP contribution in [0.5, 0.6) is 0 Å². The Labute approximate surface area is 104 Å². The van der Waals surface area contributed by atoms with Gasteiger partial charge in [-0.15, -0.1) is 0 Å². The van der Waals surface area contributed by atoms with Gasteiger partial charge in [0.05, 0.1) is 0 Å². The van der Waals surface area contributed by atoms with Gasteiger partial charge >= 0.3 is 0 Å². The van der Waals surface area contributed by atoms with Crippen LogP contribution in [0, 0.1) is 0 Å². The minimum absolute atomic E-state index is 0.339. The number of halogens is 1. The van der Waals surface area contributed by atoms with Gasteiger partial charge < -0.3 is 4.43 Å². The largest absolute Gasteiger partial charge is 0.414 e. The van der Waals surface area contributed by atoms with Crippen molar-refractivity contribution in [2.45, 2.75) is 64.8 Å². The summed E-state index contributed by atoms with van der Waals surface area (Å²) in [7, 11) is -1.52. The molecule has 1 nitrogen and oxygen atoms in total. The molecule has 0 saturated carbocycles. The van der Waals surface area contributed by atoms with E-state index in [-0.39, 0.29) is 0 Å². The monoisotopic (exact) mass is 328 g/mol. The molecule has 86 valence electrons. The highest BCUT2D eigenvalue weighted by atomic mass is 127.